The average Bonchev–Trinajstić information content (AvgIpc) is 3.36. The van der Waals surface area contributed by atoms with Crippen molar-refractivity contribution in [2.75, 3.05) is 27.9 Å². The number of allylic oxidation sites excluding steroid dienone is 1. The number of aliphatic hydroxyl groups is 1. The summed E-state index contributed by atoms with van der Waals surface area (Å²) in [6, 6.07) is 3.88. The largest absolute Gasteiger partial charge is 0.466 e. The molecule has 2 aliphatic carbocycles. The zero-order valence-corrected chi connectivity index (χ0v) is 17.6. The Kier molecular flexibility index (Phi) is 5.15. The van der Waals surface area contributed by atoms with Gasteiger partial charge in [-0.1, -0.05) is 18.2 Å². The minimum atomic E-state index is -0.382. The van der Waals surface area contributed by atoms with Gasteiger partial charge in [0, 0.05) is 50.1 Å². The van der Waals surface area contributed by atoms with E-state index in [1.54, 1.807) is 6.20 Å². The molecule has 1 N–H and O–H groups in total. The van der Waals surface area contributed by atoms with Crippen LogP contribution in [0.3, 0.4) is 0 Å². The number of carbonyl (C=O) groups is 2. The van der Waals surface area contributed by atoms with Crippen LogP contribution in [0.2, 0.25) is 0 Å². The molecule has 0 saturated heterocycles. The molecule has 7 nitrogen and oxygen atoms in total. The molecule has 4 rings (SSSR count). The van der Waals surface area contributed by atoms with E-state index in [1.165, 1.54) is 14.2 Å². The molecular formula is C23H26N2O5. The highest BCUT2D eigenvalue weighted by molar-refractivity contribution is 5.98. The molecule has 0 aromatic rings. The van der Waals surface area contributed by atoms with Crippen molar-refractivity contribution in [3.05, 3.63) is 59.1 Å². The Bertz CT molecular complexity index is 1030. The van der Waals surface area contributed by atoms with Crippen molar-refractivity contribution in [2.24, 2.45) is 18.9 Å². The van der Waals surface area contributed by atoms with Crippen LogP contribution in [0, 0.1) is 11.8 Å². The van der Waals surface area contributed by atoms with E-state index in [9.17, 15) is 14.7 Å². The van der Waals surface area contributed by atoms with E-state index < -0.39 is 0 Å². The Morgan fingerprint density at radius 2 is 1.83 bits per heavy atom. The number of pyridine rings is 1. The second-order valence-corrected chi connectivity index (χ2v) is 7.94. The Hall–Kier alpha value is -3.06. The molecule has 0 aromatic carbocycles. The first kappa shape index (κ1) is 20.2. The zero-order chi connectivity index (χ0) is 21.6. The Balaban J connectivity index is 1.85. The Morgan fingerprint density at radius 3 is 2.50 bits per heavy atom. The summed E-state index contributed by atoms with van der Waals surface area (Å²) in [6.45, 7) is -0.0558. The summed E-state index contributed by atoms with van der Waals surface area (Å²) in [5, 5.41) is 10.0. The standard InChI is InChI=1S/C23H26N2O5/c1-24-9-17-14(18(10-24)22(27)29-3)7-8-16(17)21-20-13(12-26)5-6-15(20)19(11-25(21)2)23(28)30-4/h5,7-11,15,20-21,26H,6,12H2,1-4H3/t15-,20-,21+/m1/s1. The van der Waals surface area contributed by atoms with Crippen molar-refractivity contribution in [3.8, 4) is 11.1 Å². The molecule has 0 saturated carbocycles. The third-order valence-electron chi connectivity index (χ3n) is 6.33. The van der Waals surface area contributed by atoms with Crippen LogP contribution in [-0.4, -0.2) is 54.4 Å². The van der Waals surface area contributed by atoms with E-state index >= 15 is 0 Å². The maximum absolute atomic E-state index is 12.4. The second kappa shape index (κ2) is 7.65. The lowest BCUT2D eigenvalue weighted by Gasteiger charge is -2.42. The van der Waals surface area contributed by atoms with Crippen LogP contribution in [-0.2, 0) is 21.3 Å². The number of hydrogen-bond acceptors (Lipinski definition) is 6. The van der Waals surface area contributed by atoms with Crippen molar-refractivity contribution < 1.29 is 24.2 Å². The average molecular weight is 410 g/mol. The van der Waals surface area contributed by atoms with Gasteiger partial charge in [-0.15, -0.1) is 0 Å². The first-order chi connectivity index (χ1) is 14.4. The molecule has 0 aromatic heterocycles. The molecule has 0 bridgehead atoms. The van der Waals surface area contributed by atoms with E-state index in [2.05, 4.69) is 0 Å². The molecular weight excluding hydrogens is 384 g/mol. The molecule has 2 aliphatic heterocycles. The number of nitrogens with zero attached hydrogens (tertiary/aromatic N) is 2. The molecule has 7 heteroatoms. The van der Waals surface area contributed by atoms with Crippen molar-refractivity contribution in [2.45, 2.75) is 12.5 Å². The van der Waals surface area contributed by atoms with Crippen molar-refractivity contribution in [1.29, 1.82) is 0 Å². The van der Waals surface area contributed by atoms with Gasteiger partial charge in [0.15, 0.2) is 0 Å². The molecule has 0 spiro atoms. The van der Waals surface area contributed by atoms with Gasteiger partial charge in [0.1, 0.15) is 0 Å². The molecule has 0 radical (unpaired) electrons. The minimum Gasteiger partial charge on any atom is -0.466 e. The summed E-state index contributed by atoms with van der Waals surface area (Å²) >= 11 is 0. The third-order valence-corrected chi connectivity index (χ3v) is 6.33. The zero-order valence-electron chi connectivity index (χ0n) is 17.6. The first-order valence-electron chi connectivity index (χ1n) is 9.89. The quantitative estimate of drug-likeness (QED) is 0.616. The number of esters is 2. The Morgan fingerprint density at radius 1 is 1.10 bits per heavy atom. The highest BCUT2D eigenvalue weighted by Gasteiger charge is 2.46. The fraction of sp³-hybridized carbons (Fsp3) is 0.391. The third kappa shape index (κ3) is 3.01. The van der Waals surface area contributed by atoms with Crippen LogP contribution in [0.25, 0.3) is 11.1 Å². The maximum Gasteiger partial charge on any atom is 0.339 e. The van der Waals surface area contributed by atoms with E-state index in [1.807, 2.05) is 54.2 Å². The smallest absolute Gasteiger partial charge is 0.339 e. The highest BCUT2D eigenvalue weighted by Crippen LogP contribution is 2.52. The summed E-state index contributed by atoms with van der Waals surface area (Å²) in [4.78, 5) is 26.7. The lowest BCUT2D eigenvalue weighted by molar-refractivity contribution is -0.137. The predicted molar refractivity (Wildman–Crippen MR) is 111 cm³/mol. The SMILES string of the molecule is COC(=O)C1=CN(C)[C@@H](c2ccc3c(C(=O)OC)cn(C)cc2-3)[C@@H]2C(CO)=CC[C@H]12. The summed E-state index contributed by atoms with van der Waals surface area (Å²) in [5.41, 5.74) is 4.89. The monoisotopic (exact) mass is 410 g/mol. The van der Waals surface area contributed by atoms with E-state index in [0.29, 0.717) is 17.6 Å². The molecule has 4 aliphatic rings. The molecule has 0 unspecified atom stereocenters. The van der Waals surface area contributed by atoms with Gasteiger partial charge in [0.25, 0.3) is 0 Å². The van der Waals surface area contributed by atoms with Crippen LogP contribution in [0.1, 0.15) is 28.4 Å². The summed E-state index contributed by atoms with van der Waals surface area (Å²) in [6.07, 6.45) is 8.33. The number of carbonyl (C=O) groups excluding carboxylic acids is 2. The van der Waals surface area contributed by atoms with Gasteiger partial charge < -0.3 is 24.0 Å². The van der Waals surface area contributed by atoms with E-state index in [4.69, 9.17) is 9.47 Å². The lowest BCUT2D eigenvalue weighted by Crippen LogP contribution is -2.38. The fourth-order valence-corrected chi connectivity index (χ4v) is 5.05. The summed E-state index contributed by atoms with van der Waals surface area (Å²) in [5.74, 6) is -0.831. The molecule has 0 amide bonds. The van der Waals surface area contributed by atoms with Crippen molar-refractivity contribution in [1.82, 2.24) is 9.47 Å². The van der Waals surface area contributed by atoms with Gasteiger partial charge in [0.2, 0.25) is 0 Å². The van der Waals surface area contributed by atoms with Crippen LogP contribution < -0.4 is 0 Å². The number of ether oxygens (including phenoxy) is 2. The van der Waals surface area contributed by atoms with Crippen molar-refractivity contribution in [3.63, 3.8) is 0 Å². The second-order valence-electron chi connectivity index (χ2n) is 7.94. The van der Waals surface area contributed by atoms with Crippen LogP contribution in [0.5, 0.6) is 0 Å². The van der Waals surface area contributed by atoms with Crippen molar-refractivity contribution >= 4 is 11.9 Å². The number of aliphatic hydroxyl groups excluding tert-OH is 1. The minimum absolute atomic E-state index is 0.0525. The molecule has 3 atom stereocenters. The predicted octanol–water partition coefficient (Wildman–Crippen LogP) is 2.51. The number of hydrogen-bond donors (Lipinski definition) is 1. The van der Waals surface area contributed by atoms with Gasteiger partial charge in [-0.25, -0.2) is 9.59 Å². The van der Waals surface area contributed by atoms with Gasteiger partial charge in [0.05, 0.1) is 38.0 Å². The van der Waals surface area contributed by atoms with Gasteiger partial charge in [-0.3, -0.25) is 0 Å². The van der Waals surface area contributed by atoms with Crippen LogP contribution in [0.4, 0.5) is 0 Å². The molecule has 2 heterocycles. The van der Waals surface area contributed by atoms with Crippen LogP contribution >= 0.6 is 0 Å². The van der Waals surface area contributed by atoms with E-state index in [0.717, 1.165) is 22.3 Å². The van der Waals surface area contributed by atoms with E-state index in [-0.39, 0.29) is 36.4 Å². The van der Waals surface area contributed by atoms with Gasteiger partial charge in [-0.05, 0) is 23.1 Å². The normalized spacial score (nSPS) is 23.1. The first-order valence-corrected chi connectivity index (χ1v) is 9.89. The number of rotatable bonds is 4. The van der Waals surface area contributed by atoms with Crippen LogP contribution in [0.15, 0.2) is 47.9 Å². The molecule has 158 valence electrons. The molecule has 0 fully saturated rings. The van der Waals surface area contributed by atoms with Gasteiger partial charge >= 0.3 is 11.9 Å². The number of fused-ring (bicyclic) bond motifs is 2. The Labute approximate surface area is 175 Å². The topological polar surface area (TPSA) is 81.0 Å². The molecule has 30 heavy (non-hydrogen) atoms. The number of aryl methyl sites for hydroxylation is 1. The summed E-state index contributed by atoms with van der Waals surface area (Å²) < 4.78 is 11.8. The fourth-order valence-electron chi connectivity index (χ4n) is 5.05. The van der Waals surface area contributed by atoms with Gasteiger partial charge in [-0.2, -0.15) is 0 Å². The highest BCUT2D eigenvalue weighted by atomic mass is 16.5. The number of methoxy groups -OCH3 is 2. The lowest BCUT2D eigenvalue weighted by atomic mass is 9.74. The summed E-state index contributed by atoms with van der Waals surface area (Å²) in [7, 11) is 6.57. The number of aromatic nitrogens is 1. The maximum atomic E-state index is 12.4.